The molecule has 1 aliphatic carbocycles. The molecule has 0 heterocycles. The zero-order valence-electron chi connectivity index (χ0n) is 12.3. The first kappa shape index (κ1) is 14.9. The van der Waals surface area contributed by atoms with Crippen LogP contribution in [0.25, 0.3) is 0 Å². The van der Waals surface area contributed by atoms with Crippen LogP contribution in [0.2, 0.25) is 0 Å². The number of hydrogen-bond acceptors (Lipinski definition) is 3. The number of nitrogens with one attached hydrogen (secondary N) is 1. The Hall–Kier alpha value is -1.55. The second-order valence-corrected chi connectivity index (χ2v) is 5.14. The van der Waals surface area contributed by atoms with Gasteiger partial charge in [0, 0.05) is 24.3 Å². The molecule has 0 spiro atoms. The third kappa shape index (κ3) is 3.73. The van der Waals surface area contributed by atoms with E-state index < -0.39 is 0 Å². The van der Waals surface area contributed by atoms with E-state index >= 15 is 0 Å². The summed E-state index contributed by atoms with van der Waals surface area (Å²) in [5, 5.41) is 3.10. The number of hydrogen-bond donors (Lipinski definition) is 1. The summed E-state index contributed by atoms with van der Waals surface area (Å²) < 4.78 is 10.7. The fourth-order valence-corrected chi connectivity index (χ4v) is 2.62. The molecular formula is C16H23NO3. The Morgan fingerprint density at radius 2 is 2.10 bits per heavy atom. The molecule has 1 aromatic rings. The molecule has 0 bridgehead atoms. The van der Waals surface area contributed by atoms with Crippen LogP contribution in [0, 0.1) is 0 Å². The number of benzene rings is 1. The predicted molar refractivity (Wildman–Crippen MR) is 78.0 cm³/mol. The van der Waals surface area contributed by atoms with Gasteiger partial charge in [0.05, 0.1) is 13.2 Å². The Labute approximate surface area is 120 Å². The van der Waals surface area contributed by atoms with Crippen molar-refractivity contribution in [2.75, 3.05) is 13.7 Å². The second kappa shape index (κ2) is 7.29. The number of ether oxygens (including phenoxy) is 2. The minimum Gasteiger partial charge on any atom is -0.494 e. The van der Waals surface area contributed by atoms with Crippen LogP contribution in [-0.4, -0.2) is 25.7 Å². The number of rotatable bonds is 6. The molecule has 0 radical (unpaired) electrons. The second-order valence-electron chi connectivity index (χ2n) is 5.14. The highest BCUT2D eigenvalue weighted by molar-refractivity contribution is 5.94. The lowest BCUT2D eigenvalue weighted by atomic mass is 10.1. The average molecular weight is 277 g/mol. The molecule has 2 rings (SSSR count). The van der Waals surface area contributed by atoms with Gasteiger partial charge in [0.15, 0.2) is 0 Å². The van der Waals surface area contributed by atoms with Gasteiger partial charge in [-0.05, 0) is 38.0 Å². The van der Waals surface area contributed by atoms with Crippen molar-refractivity contribution < 1.29 is 14.3 Å². The predicted octanol–water partition coefficient (Wildman–Crippen LogP) is 2.90. The Morgan fingerprint density at radius 1 is 1.35 bits per heavy atom. The van der Waals surface area contributed by atoms with E-state index in [1.807, 2.05) is 25.1 Å². The van der Waals surface area contributed by atoms with Gasteiger partial charge in [-0.25, -0.2) is 0 Å². The highest BCUT2D eigenvalue weighted by atomic mass is 16.5. The van der Waals surface area contributed by atoms with Crippen LogP contribution in [-0.2, 0) is 11.3 Å². The van der Waals surface area contributed by atoms with Crippen molar-refractivity contribution >= 4 is 5.91 Å². The molecule has 0 aromatic heterocycles. The number of carbonyl (C=O) groups excluding carboxylic acids is 1. The van der Waals surface area contributed by atoms with Gasteiger partial charge in [0.1, 0.15) is 5.75 Å². The maximum Gasteiger partial charge on any atom is 0.251 e. The first-order valence-electron chi connectivity index (χ1n) is 7.30. The number of amides is 1. The lowest BCUT2D eigenvalue weighted by Gasteiger charge is -2.14. The molecule has 1 fully saturated rings. The summed E-state index contributed by atoms with van der Waals surface area (Å²) in [7, 11) is 1.64. The van der Waals surface area contributed by atoms with Gasteiger partial charge in [-0.3, -0.25) is 4.79 Å². The van der Waals surface area contributed by atoms with Crippen LogP contribution in [0.1, 0.15) is 48.5 Å². The van der Waals surface area contributed by atoms with Crippen molar-refractivity contribution in [2.45, 2.75) is 45.3 Å². The monoisotopic (exact) mass is 277 g/mol. The third-order valence-electron chi connectivity index (χ3n) is 3.61. The quantitative estimate of drug-likeness (QED) is 0.869. The Balaban J connectivity index is 2.10. The van der Waals surface area contributed by atoms with E-state index in [-0.39, 0.29) is 5.91 Å². The molecule has 0 atom stereocenters. The van der Waals surface area contributed by atoms with Crippen molar-refractivity contribution in [2.24, 2.45) is 0 Å². The maximum atomic E-state index is 12.2. The standard InChI is InChI=1S/C16H23NO3/c1-3-20-15-9-8-12(10-13(15)11-19-2)16(18)17-14-6-4-5-7-14/h8-10,14H,3-7,11H2,1-2H3,(H,17,18). The van der Waals surface area contributed by atoms with E-state index in [4.69, 9.17) is 9.47 Å². The normalized spacial score (nSPS) is 15.3. The molecule has 1 amide bonds. The summed E-state index contributed by atoms with van der Waals surface area (Å²) in [5.41, 5.74) is 1.58. The summed E-state index contributed by atoms with van der Waals surface area (Å²) in [6.45, 7) is 2.99. The van der Waals surface area contributed by atoms with Crippen LogP contribution in [0.3, 0.4) is 0 Å². The Bertz CT molecular complexity index is 453. The molecule has 4 nitrogen and oxygen atoms in total. The lowest BCUT2D eigenvalue weighted by molar-refractivity contribution is 0.0937. The minimum absolute atomic E-state index is 0.00250. The summed E-state index contributed by atoms with van der Waals surface area (Å²) in [6.07, 6.45) is 4.60. The molecule has 1 N–H and O–H groups in total. The smallest absolute Gasteiger partial charge is 0.251 e. The molecular weight excluding hydrogens is 254 g/mol. The van der Waals surface area contributed by atoms with E-state index in [1.54, 1.807) is 7.11 Å². The van der Waals surface area contributed by atoms with Crippen LogP contribution in [0.5, 0.6) is 5.75 Å². The third-order valence-corrected chi connectivity index (χ3v) is 3.61. The number of methoxy groups -OCH3 is 1. The van der Waals surface area contributed by atoms with Gasteiger partial charge in [0.25, 0.3) is 5.91 Å². The highest BCUT2D eigenvalue weighted by Crippen LogP contribution is 2.22. The molecule has 0 saturated heterocycles. The van der Waals surface area contributed by atoms with E-state index in [1.165, 1.54) is 12.8 Å². The van der Waals surface area contributed by atoms with Crippen molar-refractivity contribution in [3.8, 4) is 5.75 Å². The molecule has 1 aromatic carbocycles. The van der Waals surface area contributed by atoms with Crippen molar-refractivity contribution in [3.05, 3.63) is 29.3 Å². The van der Waals surface area contributed by atoms with Gasteiger partial charge >= 0.3 is 0 Å². The van der Waals surface area contributed by atoms with Gasteiger partial charge in [0.2, 0.25) is 0 Å². The van der Waals surface area contributed by atoms with Crippen molar-refractivity contribution in [1.82, 2.24) is 5.32 Å². The Kier molecular flexibility index (Phi) is 5.41. The molecule has 20 heavy (non-hydrogen) atoms. The summed E-state index contributed by atoms with van der Waals surface area (Å²) in [5.74, 6) is 0.782. The van der Waals surface area contributed by atoms with Gasteiger partial charge in [-0.2, -0.15) is 0 Å². The zero-order chi connectivity index (χ0) is 14.4. The average Bonchev–Trinajstić information content (AvgIpc) is 2.94. The van der Waals surface area contributed by atoms with Gasteiger partial charge in [-0.15, -0.1) is 0 Å². The van der Waals surface area contributed by atoms with Crippen LogP contribution in [0.4, 0.5) is 0 Å². The molecule has 0 aliphatic heterocycles. The largest absolute Gasteiger partial charge is 0.494 e. The van der Waals surface area contributed by atoms with Gasteiger partial charge in [-0.1, -0.05) is 12.8 Å². The topological polar surface area (TPSA) is 47.6 Å². The summed E-state index contributed by atoms with van der Waals surface area (Å²) >= 11 is 0. The first-order valence-corrected chi connectivity index (χ1v) is 7.30. The lowest BCUT2D eigenvalue weighted by Crippen LogP contribution is -2.32. The maximum absolute atomic E-state index is 12.2. The van der Waals surface area contributed by atoms with Crippen LogP contribution in [0.15, 0.2) is 18.2 Å². The fraction of sp³-hybridized carbons (Fsp3) is 0.562. The summed E-state index contributed by atoms with van der Waals surface area (Å²) in [4.78, 5) is 12.2. The van der Waals surface area contributed by atoms with E-state index in [0.29, 0.717) is 24.8 Å². The molecule has 4 heteroatoms. The summed E-state index contributed by atoms with van der Waals surface area (Å²) in [6, 6.07) is 5.86. The zero-order valence-corrected chi connectivity index (χ0v) is 12.3. The van der Waals surface area contributed by atoms with Crippen LogP contribution >= 0.6 is 0 Å². The highest BCUT2D eigenvalue weighted by Gasteiger charge is 2.18. The molecule has 1 saturated carbocycles. The van der Waals surface area contributed by atoms with Gasteiger partial charge < -0.3 is 14.8 Å². The number of carbonyl (C=O) groups is 1. The van der Waals surface area contributed by atoms with E-state index in [0.717, 1.165) is 24.2 Å². The molecule has 1 aliphatic rings. The van der Waals surface area contributed by atoms with Crippen molar-refractivity contribution in [3.63, 3.8) is 0 Å². The van der Waals surface area contributed by atoms with E-state index in [9.17, 15) is 4.79 Å². The fourth-order valence-electron chi connectivity index (χ4n) is 2.62. The molecule has 0 unspecified atom stereocenters. The van der Waals surface area contributed by atoms with E-state index in [2.05, 4.69) is 5.32 Å². The van der Waals surface area contributed by atoms with Crippen LogP contribution < -0.4 is 10.1 Å². The SMILES string of the molecule is CCOc1ccc(C(=O)NC2CCCC2)cc1COC. The molecule has 110 valence electrons. The van der Waals surface area contributed by atoms with Crippen molar-refractivity contribution in [1.29, 1.82) is 0 Å². The minimum atomic E-state index is -0.00250. The Morgan fingerprint density at radius 3 is 2.75 bits per heavy atom. The first-order chi connectivity index (χ1) is 9.74.